The van der Waals surface area contributed by atoms with Crippen LogP contribution in [0.5, 0.6) is 0 Å². The number of benzene rings is 1. The van der Waals surface area contributed by atoms with Gasteiger partial charge >= 0.3 is 0 Å². The standard InChI is InChI=1S/C16H24FNO/c1-3-8-18-16(13-5-4-9-19-11-13)15-7-6-14(17)10-12(15)2/h6-7,10,13,16,18H,3-5,8-9,11H2,1-2H3. The van der Waals surface area contributed by atoms with Crippen molar-refractivity contribution in [3.8, 4) is 0 Å². The molecule has 2 atom stereocenters. The predicted octanol–water partition coefficient (Wildman–Crippen LogP) is 3.60. The van der Waals surface area contributed by atoms with Crippen LogP contribution in [0.1, 0.15) is 43.4 Å². The summed E-state index contributed by atoms with van der Waals surface area (Å²) in [7, 11) is 0. The lowest BCUT2D eigenvalue weighted by Crippen LogP contribution is -2.34. The van der Waals surface area contributed by atoms with Crippen molar-refractivity contribution in [2.24, 2.45) is 5.92 Å². The van der Waals surface area contributed by atoms with Crippen molar-refractivity contribution in [1.29, 1.82) is 0 Å². The van der Waals surface area contributed by atoms with Crippen molar-refractivity contribution in [1.82, 2.24) is 5.32 Å². The minimum absolute atomic E-state index is 0.157. The largest absolute Gasteiger partial charge is 0.381 e. The van der Waals surface area contributed by atoms with Crippen LogP contribution in [0, 0.1) is 18.7 Å². The highest BCUT2D eigenvalue weighted by Crippen LogP contribution is 2.31. The van der Waals surface area contributed by atoms with Gasteiger partial charge < -0.3 is 10.1 Å². The summed E-state index contributed by atoms with van der Waals surface area (Å²) in [5.74, 6) is 0.333. The van der Waals surface area contributed by atoms with Crippen LogP contribution in [0.4, 0.5) is 4.39 Å². The van der Waals surface area contributed by atoms with Gasteiger partial charge in [-0.05, 0) is 56.0 Å². The van der Waals surface area contributed by atoms with E-state index in [2.05, 4.69) is 12.2 Å². The maximum absolute atomic E-state index is 13.3. The molecule has 0 spiro atoms. The van der Waals surface area contributed by atoms with E-state index in [-0.39, 0.29) is 11.9 Å². The van der Waals surface area contributed by atoms with Gasteiger partial charge in [-0.15, -0.1) is 0 Å². The summed E-state index contributed by atoms with van der Waals surface area (Å²) in [6.07, 6.45) is 3.40. The normalized spacial score (nSPS) is 21.3. The first kappa shape index (κ1) is 14.5. The smallest absolute Gasteiger partial charge is 0.123 e. The van der Waals surface area contributed by atoms with E-state index in [0.717, 1.165) is 38.2 Å². The lowest BCUT2D eigenvalue weighted by Gasteiger charge is -2.32. The van der Waals surface area contributed by atoms with Crippen LogP contribution in [-0.2, 0) is 4.74 Å². The number of ether oxygens (including phenoxy) is 1. The Morgan fingerprint density at radius 3 is 2.95 bits per heavy atom. The fourth-order valence-electron chi connectivity index (χ4n) is 2.85. The summed E-state index contributed by atoms with van der Waals surface area (Å²) in [6.45, 7) is 6.82. The zero-order valence-electron chi connectivity index (χ0n) is 11.9. The SMILES string of the molecule is CCCNC(c1ccc(F)cc1C)C1CCCOC1. The van der Waals surface area contributed by atoms with Crippen LogP contribution < -0.4 is 5.32 Å². The van der Waals surface area contributed by atoms with E-state index in [0.29, 0.717) is 5.92 Å². The molecule has 1 aromatic carbocycles. The Labute approximate surface area is 115 Å². The molecule has 0 amide bonds. The van der Waals surface area contributed by atoms with Crippen molar-refractivity contribution < 1.29 is 9.13 Å². The van der Waals surface area contributed by atoms with E-state index in [4.69, 9.17) is 4.74 Å². The molecular weight excluding hydrogens is 241 g/mol. The minimum Gasteiger partial charge on any atom is -0.381 e. The van der Waals surface area contributed by atoms with E-state index < -0.39 is 0 Å². The molecule has 0 bridgehead atoms. The fourth-order valence-corrected chi connectivity index (χ4v) is 2.85. The van der Waals surface area contributed by atoms with Crippen LogP contribution in [0.25, 0.3) is 0 Å². The number of hydrogen-bond donors (Lipinski definition) is 1. The summed E-state index contributed by atoms with van der Waals surface area (Å²) in [6, 6.07) is 5.39. The molecule has 2 rings (SSSR count). The van der Waals surface area contributed by atoms with Crippen LogP contribution in [-0.4, -0.2) is 19.8 Å². The summed E-state index contributed by atoms with van der Waals surface area (Å²) >= 11 is 0. The van der Waals surface area contributed by atoms with E-state index >= 15 is 0 Å². The van der Waals surface area contributed by atoms with E-state index in [1.807, 2.05) is 13.0 Å². The molecule has 1 fully saturated rings. The average Bonchev–Trinajstić information content (AvgIpc) is 2.42. The number of nitrogens with one attached hydrogen (secondary N) is 1. The summed E-state index contributed by atoms with van der Waals surface area (Å²) < 4.78 is 18.9. The van der Waals surface area contributed by atoms with E-state index in [1.54, 1.807) is 12.1 Å². The number of halogens is 1. The van der Waals surface area contributed by atoms with Gasteiger partial charge in [-0.1, -0.05) is 13.0 Å². The van der Waals surface area contributed by atoms with E-state index in [9.17, 15) is 4.39 Å². The summed E-state index contributed by atoms with van der Waals surface area (Å²) in [5, 5.41) is 3.61. The van der Waals surface area contributed by atoms with Crippen LogP contribution in [0.15, 0.2) is 18.2 Å². The third-order valence-electron chi connectivity index (χ3n) is 3.85. The summed E-state index contributed by atoms with van der Waals surface area (Å²) in [5.41, 5.74) is 2.24. The second-order valence-corrected chi connectivity index (χ2v) is 5.41. The Bertz CT molecular complexity index is 402. The number of rotatable bonds is 5. The number of aryl methyl sites for hydroxylation is 1. The van der Waals surface area contributed by atoms with Crippen molar-refractivity contribution in [3.05, 3.63) is 35.1 Å². The van der Waals surface area contributed by atoms with E-state index in [1.165, 1.54) is 12.0 Å². The average molecular weight is 265 g/mol. The number of hydrogen-bond acceptors (Lipinski definition) is 2. The van der Waals surface area contributed by atoms with Crippen molar-refractivity contribution in [2.45, 2.75) is 39.2 Å². The van der Waals surface area contributed by atoms with Gasteiger partial charge in [0.05, 0.1) is 6.61 Å². The predicted molar refractivity (Wildman–Crippen MR) is 75.7 cm³/mol. The van der Waals surface area contributed by atoms with Crippen molar-refractivity contribution in [2.75, 3.05) is 19.8 Å². The van der Waals surface area contributed by atoms with Gasteiger partial charge in [0.25, 0.3) is 0 Å². The molecule has 106 valence electrons. The highest BCUT2D eigenvalue weighted by atomic mass is 19.1. The monoisotopic (exact) mass is 265 g/mol. The Hall–Kier alpha value is -0.930. The maximum Gasteiger partial charge on any atom is 0.123 e. The highest BCUT2D eigenvalue weighted by Gasteiger charge is 2.26. The second kappa shape index (κ2) is 7.01. The van der Waals surface area contributed by atoms with Crippen molar-refractivity contribution in [3.63, 3.8) is 0 Å². The molecule has 0 aliphatic carbocycles. The van der Waals surface area contributed by atoms with Gasteiger partial charge in [-0.25, -0.2) is 4.39 Å². The molecule has 0 saturated carbocycles. The lowest BCUT2D eigenvalue weighted by molar-refractivity contribution is 0.0389. The van der Waals surface area contributed by atoms with Gasteiger partial charge in [-0.2, -0.15) is 0 Å². The molecule has 1 heterocycles. The molecule has 0 aromatic heterocycles. The fraction of sp³-hybridized carbons (Fsp3) is 0.625. The van der Waals surface area contributed by atoms with Gasteiger partial charge in [0.15, 0.2) is 0 Å². The summed E-state index contributed by atoms with van der Waals surface area (Å²) in [4.78, 5) is 0. The van der Waals surface area contributed by atoms with Gasteiger partial charge in [0.2, 0.25) is 0 Å². The first-order valence-electron chi connectivity index (χ1n) is 7.29. The third-order valence-corrected chi connectivity index (χ3v) is 3.85. The molecule has 19 heavy (non-hydrogen) atoms. The molecule has 0 radical (unpaired) electrons. The lowest BCUT2D eigenvalue weighted by atomic mass is 9.86. The second-order valence-electron chi connectivity index (χ2n) is 5.41. The van der Waals surface area contributed by atoms with Crippen molar-refractivity contribution >= 4 is 0 Å². The van der Waals surface area contributed by atoms with Crippen LogP contribution in [0.3, 0.4) is 0 Å². The first-order valence-corrected chi connectivity index (χ1v) is 7.29. The molecule has 1 aliphatic rings. The molecule has 1 aliphatic heterocycles. The zero-order valence-corrected chi connectivity index (χ0v) is 11.9. The van der Waals surface area contributed by atoms with Gasteiger partial charge in [0.1, 0.15) is 5.82 Å². The molecular formula is C16H24FNO. The molecule has 1 saturated heterocycles. The zero-order chi connectivity index (χ0) is 13.7. The molecule has 1 N–H and O–H groups in total. The highest BCUT2D eigenvalue weighted by molar-refractivity contribution is 5.30. The molecule has 2 nitrogen and oxygen atoms in total. The Morgan fingerprint density at radius 1 is 1.47 bits per heavy atom. The topological polar surface area (TPSA) is 21.3 Å². The van der Waals surface area contributed by atoms with Crippen LogP contribution in [0.2, 0.25) is 0 Å². The maximum atomic E-state index is 13.3. The van der Waals surface area contributed by atoms with Gasteiger partial charge in [-0.3, -0.25) is 0 Å². The molecule has 3 heteroatoms. The third kappa shape index (κ3) is 3.77. The van der Waals surface area contributed by atoms with Gasteiger partial charge in [0, 0.05) is 18.6 Å². The van der Waals surface area contributed by atoms with Crippen LogP contribution >= 0.6 is 0 Å². The Morgan fingerprint density at radius 2 is 2.32 bits per heavy atom. The quantitative estimate of drug-likeness (QED) is 0.878. The molecule has 1 aromatic rings. The Kier molecular flexibility index (Phi) is 5.34. The minimum atomic E-state index is -0.157. The Balaban J connectivity index is 2.19. The first-order chi connectivity index (χ1) is 9.22. The molecule has 2 unspecified atom stereocenters.